The standard InChI is InChI=1S/C17H22N2O2S/c1-9-8-10(2)18-17-14(9)11(3)15(22-17)16(20)19-12(4)13-6-5-7-21-13/h8,12-13H,5-7H2,1-4H3,(H,19,20)/t12-,13-/m1/s1. The van der Waals surface area contributed by atoms with Gasteiger partial charge in [0.15, 0.2) is 0 Å². The molecule has 0 unspecified atom stereocenters. The van der Waals surface area contributed by atoms with Gasteiger partial charge in [-0.1, -0.05) is 0 Å². The first-order valence-corrected chi connectivity index (χ1v) is 8.59. The molecule has 0 aliphatic carbocycles. The summed E-state index contributed by atoms with van der Waals surface area (Å²) in [6.07, 6.45) is 2.24. The van der Waals surface area contributed by atoms with Crippen molar-refractivity contribution < 1.29 is 9.53 Å². The number of nitrogens with one attached hydrogen (secondary N) is 1. The van der Waals surface area contributed by atoms with Crippen LogP contribution in [0.1, 0.15) is 46.3 Å². The number of hydrogen-bond donors (Lipinski definition) is 1. The number of aromatic nitrogens is 1. The molecule has 1 aliphatic heterocycles. The van der Waals surface area contributed by atoms with Gasteiger partial charge in [0.25, 0.3) is 5.91 Å². The molecule has 5 heteroatoms. The number of aryl methyl sites for hydroxylation is 3. The first-order valence-electron chi connectivity index (χ1n) is 7.77. The third kappa shape index (κ3) is 2.75. The highest BCUT2D eigenvalue weighted by Gasteiger charge is 2.25. The zero-order chi connectivity index (χ0) is 15.9. The monoisotopic (exact) mass is 318 g/mol. The van der Waals surface area contributed by atoms with Crippen molar-refractivity contribution in [1.82, 2.24) is 10.3 Å². The van der Waals surface area contributed by atoms with Gasteiger partial charge in [-0.2, -0.15) is 0 Å². The lowest BCUT2D eigenvalue weighted by atomic mass is 10.1. The minimum atomic E-state index is -0.0134. The molecule has 1 fully saturated rings. The van der Waals surface area contributed by atoms with Crippen LogP contribution in [-0.2, 0) is 4.74 Å². The van der Waals surface area contributed by atoms with Crippen molar-refractivity contribution in [3.05, 3.63) is 27.8 Å². The van der Waals surface area contributed by atoms with E-state index >= 15 is 0 Å². The summed E-state index contributed by atoms with van der Waals surface area (Å²) in [7, 11) is 0. The Morgan fingerprint density at radius 1 is 1.45 bits per heavy atom. The van der Waals surface area contributed by atoms with Gasteiger partial charge < -0.3 is 10.1 Å². The third-order valence-electron chi connectivity index (χ3n) is 4.31. The van der Waals surface area contributed by atoms with E-state index in [1.54, 1.807) is 0 Å². The number of pyridine rings is 1. The predicted octanol–water partition coefficient (Wildman–Crippen LogP) is 3.52. The van der Waals surface area contributed by atoms with Crippen molar-refractivity contribution in [2.45, 2.75) is 52.7 Å². The minimum Gasteiger partial charge on any atom is -0.376 e. The van der Waals surface area contributed by atoms with Crippen molar-refractivity contribution >= 4 is 27.5 Å². The lowest BCUT2D eigenvalue weighted by Gasteiger charge is -2.19. The van der Waals surface area contributed by atoms with E-state index < -0.39 is 0 Å². The predicted molar refractivity (Wildman–Crippen MR) is 89.7 cm³/mol. The number of rotatable bonds is 3. The van der Waals surface area contributed by atoms with Crippen molar-refractivity contribution in [3.63, 3.8) is 0 Å². The summed E-state index contributed by atoms with van der Waals surface area (Å²) in [5.41, 5.74) is 3.20. The van der Waals surface area contributed by atoms with E-state index in [0.717, 1.165) is 45.8 Å². The lowest BCUT2D eigenvalue weighted by molar-refractivity contribution is 0.0714. The molecule has 1 N–H and O–H groups in total. The van der Waals surface area contributed by atoms with Crippen LogP contribution in [-0.4, -0.2) is 29.6 Å². The third-order valence-corrected chi connectivity index (χ3v) is 5.50. The molecule has 22 heavy (non-hydrogen) atoms. The molecule has 0 spiro atoms. The second-order valence-corrected chi connectivity index (χ2v) is 7.13. The maximum Gasteiger partial charge on any atom is 0.262 e. The fourth-order valence-electron chi connectivity index (χ4n) is 3.20. The van der Waals surface area contributed by atoms with E-state index in [1.807, 2.05) is 20.8 Å². The van der Waals surface area contributed by atoms with E-state index in [1.165, 1.54) is 16.9 Å². The largest absolute Gasteiger partial charge is 0.376 e. The fourth-order valence-corrected chi connectivity index (χ4v) is 4.40. The molecule has 1 amide bonds. The summed E-state index contributed by atoms with van der Waals surface area (Å²) in [6.45, 7) is 8.89. The highest BCUT2D eigenvalue weighted by atomic mass is 32.1. The molecule has 0 radical (unpaired) electrons. The van der Waals surface area contributed by atoms with E-state index in [4.69, 9.17) is 4.74 Å². The molecular weight excluding hydrogens is 296 g/mol. The highest BCUT2D eigenvalue weighted by molar-refractivity contribution is 7.20. The summed E-state index contributed by atoms with van der Waals surface area (Å²) >= 11 is 1.48. The van der Waals surface area contributed by atoms with Crippen LogP contribution in [0.5, 0.6) is 0 Å². The number of ether oxygens (including phenoxy) is 1. The number of carbonyl (C=O) groups excluding carboxylic acids is 1. The Morgan fingerprint density at radius 3 is 2.91 bits per heavy atom. The Labute approximate surface area is 134 Å². The zero-order valence-corrected chi connectivity index (χ0v) is 14.3. The van der Waals surface area contributed by atoms with E-state index in [2.05, 4.69) is 23.3 Å². The van der Waals surface area contributed by atoms with Crippen LogP contribution in [0, 0.1) is 20.8 Å². The molecule has 2 aromatic rings. The number of nitrogens with zero attached hydrogens (tertiary/aromatic N) is 1. The summed E-state index contributed by atoms with van der Waals surface area (Å²) in [6, 6.07) is 2.11. The molecule has 3 rings (SSSR count). The Hall–Kier alpha value is -1.46. The van der Waals surface area contributed by atoms with Gasteiger partial charge in [0.05, 0.1) is 17.0 Å². The van der Waals surface area contributed by atoms with Crippen LogP contribution in [0.25, 0.3) is 10.2 Å². The Bertz CT molecular complexity index is 717. The van der Waals surface area contributed by atoms with Gasteiger partial charge in [0.2, 0.25) is 0 Å². The summed E-state index contributed by atoms with van der Waals surface area (Å²) in [4.78, 5) is 18.9. The Balaban J connectivity index is 1.87. The van der Waals surface area contributed by atoms with Gasteiger partial charge in [0, 0.05) is 17.7 Å². The maximum absolute atomic E-state index is 12.6. The summed E-state index contributed by atoms with van der Waals surface area (Å²) in [5.74, 6) is -0.0134. The number of carbonyl (C=O) groups is 1. The smallest absolute Gasteiger partial charge is 0.262 e. The van der Waals surface area contributed by atoms with Crippen LogP contribution in [0.2, 0.25) is 0 Å². The first-order chi connectivity index (χ1) is 10.5. The number of hydrogen-bond acceptors (Lipinski definition) is 4. The van der Waals surface area contributed by atoms with Gasteiger partial charge in [0.1, 0.15) is 4.83 Å². The summed E-state index contributed by atoms with van der Waals surface area (Å²) in [5, 5.41) is 4.21. The van der Waals surface area contributed by atoms with E-state index in [-0.39, 0.29) is 18.1 Å². The SMILES string of the molecule is Cc1cc(C)c2c(C)c(C(=O)N[C@H](C)[C@H]3CCCO3)sc2n1. The zero-order valence-electron chi connectivity index (χ0n) is 13.5. The van der Waals surface area contributed by atoms with Crippen LogP contribution in [0.3, 0.4) is 0 Å². The molecule has 3 heterocycles. The Morgan fingerprint density at radius 2 is 2.23 bits per heavy atom. The highest BCUT2D eigenvalue weighted by Crippen LogP contribution is 2.32. The molecule has 0 saturated carbocycles. The van der Waals surface area contributed by atoms with Crippen molar-refractivity contribution in [2.75, 3.05) is 6.61 Å². The van der Waals surface area contributed by atoms with Crippen molar-refractivity contribution in [3.8, 4) is 0 Å². The molecule has 0 aromatic carbocycles. The van der Waals surface area contributed by atoms with Crippen LogP contribution < -0.4 is 5.32 Å². The second-order valence-electron chi connectivity index (χ2n) is 6.13. The molecule has 118 valence electrons. The van der Waals surface area contributed by atoms with Gasteiger partial charge >= 0.3 is 0 Å². The number of thiophene rings is 1. The topological polar surface area (TPSA) is 51.2 Å². The summed E-state index contributed by atoms with van der Waals surface area (Å²) < 4.78 is 5.65. The van der Waals surface area contributed by atoms with E-state index in [0.29, 0.717) is 0 Å². The molecular formula is C17H22N2O2S. The van der Waals surface area contributed by atoms with Gasteiger partial charge in [-0.25, -0.2) is 4.98 Å². The molecule has 1 saturated heterocycles. The first kappa shape index (κ1) is 15.4. The van der Waals surface area contributed by atoms with Gasteiger partial charge in [-0.15, -0.1) is 11.3 Å². The maximum atomic E-state index is 12.6. The second kappa shape index (κ2) is 5.97. The van der Waals surface area contributed by atoms with Crippen LogP contribution in [0.4, 0.5) is 0 Å². The molecule has 2 aromatic heterocycles. The molecule has 1 aliphatic rings. The van der Waals surface area contributed by atoms with Gasteiger partial charge in [-0.3, -0.25) is 4.79 Å². The van der Waals surface area contributed by atoms with Crippen LogP contribution >= 0.6 is 11.3 Å². The number of fused-ring (bicyclic) bond motifs is 1. The fraction of sp³-hybridized carbons (Fsp3) is 0.529. The lowest BCUT2D eigenvalue weighted by Crippen LogP contribution is -2.40. The normalized spacial score (nSPS) is 19.5. The molecule has 4 nitrogen and oxygen atoms in total. The average molecular weight is 318 g/mol. The van der Waals surface area contributed by atoms with Crippen molar-refractivity contribution in [2.24, 2.45) is 0 Å². The van der Waals surface area contributed by atoms with Crippen LogP contribution in [0.15, 0.2) is 6.07 Å². The molecule has 2 atom stereocenters. The van der Waals surface area contributed by atoms with Crippen molar-refractivity contribution in [1.29, 1.82) is 0 Å². The number of amides is 1. The Kier molecular flexibility index (Phi) is 4.19. The average Bonchev–Trinajstić information content (AvgIpc) is 3.06. The molecule has 0 bridgehead atoms. The quantitative estimate of drug-likeness (QED) is 0.942. The minimum absolute atomic E-state index is 0.0134. The van der Waals surface area contributed by atoms with Gasteiger partial charge in [-0.05, 0) is 57.7 Å². The van der Waals surface area contributed by atoms with E-state index in [9.17, 15) is 4.79 Å².